The number of hydrogen-bond donors (Lipinski definition) is 2. The fourth-order valence-electron chi connectivity index (χ4n) is 1.40. The van der Waals surface area contributed by atoms with Gasteiger partial charge in [0, 0.05) is 13.1 Å². The molecule has 0 atom stereocenters. The molecular weight excluding hydrogens is 218 g/mol. The third kappa shape index (κ3) is 2.45. The largest absolute Gasteiger partial charge is 0.335 e. The smallest absolute Gasteiger partial charge is 0.274 e. The number of aromatic nitrogens is 3. The highest BCUT2D eigenvalue weighted by Gasteiger charge is 2.24. The van der Waals surface area contributed by atoms with Crippen molar-refractivity contribution < 1.29 is 4.79 Å². The molecule has 1 fully saturated rings. The maximum Gasteiger partial charge on any atom is 0.274 e. The fraction of sp³-hybridized carbons (Fsp3) is 0.545. The Balaban J connectivity index is 2.05. The summed E-state index contributed by atoms with van der Waals surface area (Å²) in [7, 11) is 0. The maximum absolute atomic E-state index is 11.8. The summed E-state index contributed by atoms with van der Waals surface area (Å²) in [5.41, 5.74) is -0.390. The van der Waals surface area contributed by atoms with Gasteiger partial charge in [-0.2, -0.15) is 0 Å². The van der Waals surface area contributed by atoms with E-state index in [1.165, 1.54) is 0 Å². The van der Waals surface area contributed by atoms with Crippen molar-refractivity contribution in [2.75, 3.05) is 13.1 Å². The lowest BCUT2D eigenvalue weighted by Crippen LogP contribution is -2.43. The molecular formula is C11H15N5O. The van der Waals surface area contributed by atoms with Crippen LogP contribution in [0.3, 0.4) is 0 Å². The van der Waals surface area contributed by atoms with E-state index in [4.69, 9.17) is 6.42 Å². The van der Waals surface area contributed by atoms with Gasteiger partial charge in [0.15, 0.2) is 5.69 Å². The molecule has 0 saturated carbocycles. The van der Waals surface area contributed by atoms with Crippen molar-refractivity contribution in [3.63, 3.8) is 0 Å². The monoisotopic (exact) mass is 233 g/mol. The topological polar surface area (TPSA) is 71.8 Å². The summed E-state index contributed by atoms with van der Waals surface area (Å²) < 4.78 is 1.70. The van der Waals surface area contributed by atoms with Crippen LogP contribution in [0.4, 0.5) is 0 Å². The maximum atomic E-state index is 11.8. The van der Waals surface area contributed by atoms with Gasteiger partial charge < -0.3 is 10.6 Å². The lowest BCUT2D eigenvalue weighted by Gasteiger charge is -2.26. The van der Waals surface area contributed by atoms with E-state index in [2.05, 4.69) is 26.9 Å². The first-order chi connectivity index (χ1) is 8.02. The number of rotatable bonds is 3. The standard InChI is InChI=1S/C11H15N5O/c1-4-11(2,3)13-10(17)9-7-16(15-14-9)8-5-12-6-8/h1,7-8,12H,5-6H2,2-3H3,(H,13,17). The molecule has 17 heavy (non-hydrogen) atoms. The van der Waals surface area contributed by atoms with Crippen LogP contribution in [0.15, 0.2) is 6.20 Å². The average Bonchev–Trinajstić information content (AvgIpc) is 2.64. The Morgan fingerprint density at radius 2 is 2.41 bits per heavy atom. The van der Waals surface area contributed by atoms with E-state index in [1.54, 1.807) is 24.7 Å². The number of terminal acetylenes is 1. The van der Waals surface area contributed by atoms with Crippen LogP contribution in [-0.4, -0.2) is 39.5 Å². The van der Waals surface area contributed by atoms with E-state index in [0.29, 0.717) is 11.7 Å². The van der Waals surface area contributed by atoms with Crippen LogP contribution in [0.2, 0.25) is 0 Å². The van der Waals surface area contributed by atoms with Gasteiger partial charge in [0.1, 0.15) is 0 Å². The second-order valence-electron chi connectivity index (χ2n) is 4.62. The average molecular weight is 233 g/mol. The zero-order valence-corrected chi connectivity index (χ0v) is 9.90. The van der Waals surface area contributed by atoms with E-state index in [9.17, 15) is 4.79 Å². The second-order valence-corrected chi connectivity index (χ2v) is 4.62. The molecule has 6 nitrogen and oxygen atoms in total. The summed E-state index contributed by atoms with van der Waals surface area (Å²) in [6.07, 6.45) is 6.95. The summed E-state index contributed by atoms with van der Waals surface area (Å²) >= 11 is 0. The molecule has 2 N–H and O–H groups in total. The van der Waals surface area contributed by atoms with Gasteiger partial charge in [0.05, 0.1) is 17.8 Å². The molecule has 0 aromatic carbocycles. The van der Waals surface area contributed by atoms with Gasteiger partial charge in [-0.05, 0) is 13.8 Å². The summed E-state index contributed by atoms with van der Waals surface area (Å²) in [6.45, 7) is 5.23. The number of amides is 1. The van der Waals surface area contributed by atoms with Crippen LogP contribution in [0.5, 0.6) is 0 Å². The van der Waals surface area contributed by atoms with Crippen molar-refractivity contribution in [3.8, 4) is 12.3 Å². The van der Waals surface area contributed by atoms with Crippen LogP contribution < -0.4 is 10.6 Å². The highest BCUT2D eigenvalue weighted by molar-refractivity contribution is 5.92. The molecule has 1 aliphatic heterocycles. The van der Waals surface area contributed by atoms with Gasteiger partial charge in [-0.15, -0.1) is 11.5 Å². The molecule has 0 aliphatic carbocycles. The van der Waals surface area contributed by atoms with Crippen molar-refractivity contribution >= 4 is 5.91 Å². The van der Waals surface area contributed by atoms with Crippen LogP contribution >= 0.6 is 0 Å². The van der Waals surface area contributed by atoms with Crippen LogP contribution in [0, 0.1) is 12.3 Å². The van der Waals surface area contributed by atoms with Gasteiger partial charge >= 0.3 is 0 Å². The van der Waals surface area contributed by atoms with Gasteiger partial charge in [-0.25, -0.2) is 4.68 Å². The summed E-state index contributed by atoms with van der Waals surface area (Å²) in [5.74, 6) is 2.20. The molecule has 1 aromatic rings. The Bertz CT molecular complexity index is 466. The van der Waals surface area contributed by atoms with Crippen molar-refractivity contribution in [1.82, 2.24) is 25.6 Å². The normalized spacial score (nSPS) is 16.1. The molecule has 1 aromatic heterocycles. The van der Waals surface area contributed by atoms with E-state index in [0.717, 1.165) is 13.1 Å². The molecule has 0 unspecified atom stereocenters. The minimum atomic E-state index is -0.682. The lowest BCUT2D eigenvalue weighted by atomic mass is 10.1. The highest BCUT2D eigenvalue weighted by atomic mass is 16.2. The van der Waals surface area contributed by atoms with E-state index in [-0.39, 0.29) is 5.91 Å². The Kier molecular flexibility index (Phi) is 2.86. The molecule has 0 bridgehead atoms. The van der Waals surface area contributed by atoms with Crippen LogP contribution in [0.1, 0.15) is 30.4 Å². The number of nitrogens with zero attached hydrogens (tertiary/aromatic N) is 3. The molecule has 1 aliphatic rings. The molecule has 1 amide bonds. The first-order valence-electron chi connectivity index (χ1n) is 5.45. The molecule has 0 spiro atoms. The van der Waals surface area contributed by atoms with E-state index < -0.39 is 5.54 Å². The Morgan fingerprint density at radius 3 is 2.94 bits per heavy atom. The van der Waals surface area contributed by atoms with Gasteiger partial charge in [0.2, 0.25) is 0 Å². The van der Waals surface area contributed by atoms with Crippen LogP contribution in [-0.2, 0) is 0 Å². The minimum Gasteiger partial charge on any atom is -0.335 e. The SMILES string of the molecule is C#CC(C)(C)NC(=O)c1cn(C2CNC2)nn1. The predicted octanol–water partition coefficient (Wildman–Crippen LogP) is -0.436. The third-order valence-corrected chi connectivity index (χ3v) is 2.66. The minimum absolute atomic E-state index is 0.292. The van der Waals surface area contributed by atoms with E-state index in [1.807, 2.05) is 0 Å². The molecule has 2 heterocycles. The Morgan fingerprint density at radius 1 is 1.71 bits per heavy atom. The number of carbonyl (C=O) groups excluding carboxylic acids is 1. The first kappa shape index (κ1) is 11.6. The predicted molar refractivity (Wildman–Crippen MR) is 62.3 cm³/mol. The number of hydrogen-bond acceptors (Lipinski definition) is 4. The van der Waals surface area contributed by atoms with Crippen LogP contribution in [0.25, 0.3) is 0 Å². The van der Waals surface area contributed by atoms with Gasteiger partial charge in [-0.3, -0.25) is 4.79 Å². The van der Waals surface area contributed by atoms with Gasteiger partial charge in [-0.1, -0.05) is 11.1 Å². The zero-order valence-electron chi connectivity index (χ0n) is 9.90. The molecule has 90 valence electrons. The summed E-state index contributed by atoms with van der Waals surface area (Å²) in [6, 6.07) is 0.296. The van der Waals surface area contributed by atoms with Crippen molar-refractivity contribution in [3.05, 3.63) is 11.9 Å². The molecule has 1 saturated heterocycles. The number of nitrogens with one attached hydrogen (secondary N) is 2. The quantitative estimate of drug-likeness (QED) is 0.695. The van der Waals surface area contributed by atoms with E-state index >= 15 is 0 Å². The van der Waals surface area contributed by atoms with Gasteiger partial charge in [0.25, 0.3) is 5.91 Å². The Labute approximate surface area is 99.8 Å². The second kappa shape index (κ2) is 4.18. The zero-order chi connectivity index (χ0) is 12.5. The molecule has 6 heteroatoms. The highest BCUT2D eigenvalue weighted by Crippen LogP contribution is 2.10. The molecule has 0 radical (unpaired) electrons. The summed E-state index contributed by atoms with van der Waals surface area (Å²) in [4.78, 5) is 11.8. The Hall–Kier alpha value is -1.87. The molecule has 2 rings (SSSR count). The van der Waals surface area contributed by atoms with Crippen molar-refractivity contribution in [2.24, 2.45) is 0 Å². The van der Waals surface area contributed by atoms with Crippen molar-refractivity contribution in [1.29, 1.82) is 0 Å². The third-order valence-electron chi connectivity index (χ3n) is 2.66. The number of carbonyl (C=O) groups is 1. The summed E-state index contributed by atoms with van der Waals surface area (Å²) in [5, 5.41) is 13.6. The van der Waals surface area contributed by atoms with Crippen molar-refractivity contribution in [2.45, 2.75) is 25.4 Å². The first-order valence-corrected chi connectivity index (χ1v) is 5.45. The fourth-order valence-corrected chi connectivity index (χ4v) is 1.40. The lowest BCUT2D eigenvalue weighted by molar-refractivity contribution is 0.0924.